The van der Waals surface area contributed by atoms with Crippen molar-refractivity contribution in [3.8, 4) is 18.1 Å². The van der Waals surface area contributed by atoms with E-state index in [9.17, 15) is 4.79 Å². The van der Waals surface area contributed by atoms with Crippen LogP contribution in [0.15, 0.2) is 18.2 Å². The van der Waals surface area contributed by atoms with Gasteiger partial charge >= 0.3 is 0 Å². The molecule has 5 heteroatoms. The van der Waals surface area contributed by atoms with Crippen LogP contribution < -0.4 is 15.8 Å². The number of anilines is 1. The quantitative estimate of drug-likeness (QED) is 0.801. The van der Waals surface area contributed by atoms with Crippen LogP contribution in [0.2, 0.25) is 5.02 Å². The third-order valence-corrected chi connectivity index (χ3v) is 2.41. The molecule has 90 valence electrons. The van der Waals surface area contributed by atoms with Gasteiger partial charge in [-0.05, 0) is 12.1 Å². The summed E-state index contributed by atoms with van der Waals surface area (Å²) in [5.74, 6) is 2.48. The Morgan fingerprint density at radius 3 is 3.00 bits per heavy atom. The van der Waals surface area contributed by atoms with Crippen molar-refractivity contribution in [1.29, 1.82) is 0 Å². The number of terminal acetylenes is 1. The zero-order chi connectivity index (χ0) is 12.8. The van der Waals surface area contributed by atoms with Gasteiger partial charge in [-0.1, -0.05) is 11.6 Å². The summed E-state index contributed by atoms with van der Waals surface area (Å²) in [6, 6.07) is 4.18. The van der Waals surface area contributed by atoms with E-state index in [1.807, 2.05) is 0 Å². The monoisotopic (exact) mass is 252 g/mol. The molecule has 0 spiro atoms. The lowest BCUT2D eigenvalue weighted by Crippen LogP contribution is -2.35. The van der Waals surface area contributed by atoms with Crippen molar-refractivity contribution in [2.75, 3.05) is 12.4 Å². The smallest absolute Gasteiger partial charge is 0.242 e. The first-order valence-corrected chi connectivity index (χ1v) is 5.29. The Morgan fingerprint density at radius 2 is 2.41 bits per heavy atom. The Hall–Kier alpha value is -1.70. The highest BCUT2D eigenvalue weighted by Gasteiger charge is 2.12. The van der Waals surface area contributed by atoms with Gasteiger partial charge in [0.1, 0.15) is 5.75 Å². The fourth-order valence-corrected chi connectivity index (χ4v) is 1.39. The van der Waals surface area contributed by atoms with Gasteiger partial charge in [0.25, 0.3) is 0 Å². The molecule has 0 radical (unpaired) electrons. The maximum atomic E-state index is 11.6. The minimum Gasteiger partial charge on any atom is -0.495 e. The Bertz CT molecular complexity index is 454. The first-order chi connectivity index (χ1) is 8.08. The molecular weight excluding hydrogens is 240 g/mol. The fourth-order valence-electron chi connectivity index (χ4n) is 1.19. The molecule has 4 nitrogen and oxygen atoms in total. The largest absolute Gasteiger partial charge is 0.495 e. The first kappa shape index (κ1) is 13.4. The molecule has 1 aromatic rings. The minimum absolute atomic E-state index is 0.191. The topological polar surface area (TPSA) is 64.4 Å². The van der Waals surface area contributed by atoms with Crippen molar-refractivity contribution in [3.05, 3.63) is 23.2 Å². The lowest BCUT2D eigenvalue weighted by molar-refractivity contribution is -0.117. The van der Waals surface area contributed by atoms with Crippen LogP contribution in [0.3, 0.4) is 0 Å². The van der Waals surface area contributed by atoms with E-state index >= 15 is 0 Å². The molecule has 1 atom stereocenters. The summed E-state index contributed by atoms with van der Waals surface area (Å²) < 4.78 is 5.03. The normalized spacial score (nSPS) is 11.4. The molecule has 0 fully saturated rings. The van der Waals surface area contributed by atoms with Crippen LogP contribution >= 0.6 is 11.6 Å². The molecule has 17 heavy (non-hydrogen) atoms. The standard InChI is InChI=1S/C12H13ClN2O2/c1-3-4-10(14)12(16)15-8-5-6-9(13)11(7-8)17-2/h1,5-7,10H,4,14H2,2H3,(H,15,16). The average molecular weight is 253 g/mol. The molecule has 0 heterocycles. The Labute approximate surface area is 105 Å². The van der Waals surface area contributed by atoms with Crippen molar-refractivity contribution in [2.24, 2.45) is 5.73 Å². The third kappa shape index (κ3) is 3.66. The highest BCUT2D eigenvalue weighted by Crippen LogP contribution is 2.27. The van der Waals surface area contributed by atoms with Crippen molar-refractivity contribution in [3.63, 3.8) is 0 Å². The van der Waals surface area contributed by atoms with Gasteiger partial charge in [-0.15, -0.1) is 12.3 Å². The molecule has 0 bridgehead atoms. The number of halogens is 1. The lowest BCUT2D eigenvalue weighted by Gasteiger charge is -2.11. The number of methoxy groups -OCH3 is 1. The van der Waals surface area contributed by atoms with E-state index in [0.29, 0.717) is 16.5 Å². The number of carbonyl (C=O) groups excluding carboxylic acids is 1. The summed E-state index contributed by atoms with van der Waals surface area (Å²) in [4.78, 5) is 11.6. The summed E-state index contributed by atoms with van der Waals surface area (Å²) in [6.07, 6.45) is 5.27. The molecule has 0 aliphatic rings. The van der Waals surface area contributed by atoms with Gasteiger partial charge in [0.2, 0.25) is 5.91 Å². The first-order valence-electron chi connectivity index (χ1n) is 4.92. The fraction of sp³-hybridized carbons (Fsp3) is 0.250. The van der Waals surface area contributed by atoms with Crippen molar-refractivity contribution in [1.82, 2.24) is 0 Å². The molecule has 0 saturated heterocycles. The number of ether oxygens (including phenoxy) is 1. The molecular formula is C12H13ClN2O2. The number of hydrogen-bond acceptors (Lipinski definition) is 3. The maximum absolute atomic E-state index is 11.6. The molecule has 1 rings (SSSR count). The summed E-state index contributed by atoms with van der Waals surface area (Å²) in [7, 11) is 1.50. The van der Waals surface area contributed by atoms with Gasteiger partial charge in [-0.3, -0.25) is 4.79 Å². The van der Waals surface area contributed by atoms with Crippen LogP contribution in [-0.4, -0.2) is 19.1 Å². The predicted molar refractivity (Wildman–Crippen MR) is 68.1 cm³/mol. The molecule has 3 N–H and O–H groups in total. The molecule has 1 aromatic carbocycles. The van der Waals surface area contributed by atoms with E-state index in [2.05, 4.69) is 11.2 Å². The Kier molecular flexibility index (Phi) is 4.83. The van der Waals surface area contributed by atoms with Crippen LogP contribution in [0.1, 0.15) is 6.42 Å². The van der Waals surface area contributed by atoms with Gasteiger partial charge in [-0.25, -0.2) is 0 Å². The zero-order valence-corrected chi connectivity index (χ0v) is 10.1. The Morgan fingerprint density at radius 1 is 1.71 bits per heavy atom. The number of nitrogens with one attached hydrogen (secondary N) is 1. The van der Waals surface area contributed by atoms with E-state index in [4.69, 9.17) is 28.5 Å². The zero-order valence-electron chi connectivity index (χ0n) is 9.37. The minimum atomic E-state index is -0.721. The highest BCUT2D eigenvalue weighted by atomic mass is 35.5. The number of hydrogen-bond donors (Lipinski definition) is 2. The van der Waals surface area contributed by atoms with Crippen LogP contribution in [0.25, 0.3) is 0 Å². The molecule has 0 saturated carbocycles. The number of benzene rings is 1. The van der Waals surface area contributed by atoms with Crippen LogP contribution in [0.5, 0.6) is 5.75 Å². The van der Waals surface area contributed by atoms with Crippen molar-refractivity contribution in [2.45, 2.75) is 12.5 Å². The molecule has 0 aliphatic heterocycles. The van der Waals surface area contributed by atoms with Crippen LogP contribution in [0.4, 0.5) is 5.69 Å². The second-order valence-corrected chi connectivity index (χ2v) is 3.76. The van der Waals surface area contributed by atoms with Gasteiger partial charge < -0.3 is 15.8 Å². The second-order valence-electron chi connectivity index (χ2n) is 3.35. The number of rotatable bonds is 4. The van der Waals surface area contributed by atoms with E-state index < -0.39 is 6.04 Å². The van der Waals surface area contributed by atoms with Gasteiger partial charge in [-0.2, -0.15) is 0 Å². The van der Waals surface area contributed by atoms with E-state index in [0.717, 1.165) is 0 Å². The SMILES string of the molecule is C#CCC(N)C(=O)Nc1ccc(Cl)c(OC)c1. The number of carbonyl (C=O) groups is 1. The summed E-state index contributed by atoms with van der Waals surface area (Å²) in [6.45, 7) is 0. The van der Waals surface area contributed by atoms with Crippen LogP contribution in [0, 0.1) is 12.3 Å². The van der Waals surface area contributed by atoms with Crippen molar-refractivity contribution < 1.29 is 9.53 Å². The lowest BCUT2D eigenvalue weighted by atomic mass is 10.2. The predicted octanol–water partition coefficient (Wildman–Crippen LogP) is 1.64. The number of nitrogens with two attached hydrogens (primary N) is 1. The number of amides is 1. The molecule has 0 aromatic heterocycles. The Balaban J connectivity index is 2.76. The summed E-state index contributed by atoms with van der Waals surface area (Å²) in [5.41, 5.74) is 6.12. The van der Waals surface area contributed by atoms with Gasteiger partial charge in [0.05, 0.1) is 18.2 Å². The van der Waals surface area contributed by atoms with E-state index in [1.165, 1.54) is 7.11 Å². The second kappa shape index (κ2) is 6.14. The summed E-state index contributed by atoms with van der Waals surface area (Å²) >= 11 is 5.86. The molecule has 0 aliphatic carbocycles. The van der Waals surface area contributed by atoms with Gasteiger partial charge in [0, 0.05) is 18.2 Å². The molecule has 1 unspecified atom stereocenters. The summed E-state index contributed by atoms with van der Waals surface area (Å²) in [5, 5.41) is 3.10. The van der Waals surface area contributed by atoms with E-state index in [-0.39, 0.29) is 12.3 Å². The highest BCUT2D eigenvalue weighted by molar-refractivity contribution is 6.32. The molecule has 1 amide bonds. The van der Waals surface area contributed by atoms with E-state index in [1.54, 1.807) is 18.2 Å². The van der Waals surface area contributed by atoms with Crippen molar-refractivity contribution >= 4 is 23.2 Å². The average Bonchev–Trinajstić information content (AvgIpc) is 2.31. The van der Waals surface area contributed by atoms with Gasteiger partial charge in [0.15, 0.2) is 0 Å². The maximum Gasteiger partial charge on any atom is 0.242 e. The van der Waals surface area contributed by atoms with Crippen LogP contribution in [-0.2, 0) is 4.79 Å². The third-order valence-electron chi connectivity index (χ3n) is 2.09.